The number of aromatic hydroxyl groups is 1. The molecule has 1 aromatic heterocycles. The van der Waals surface area contributed by atoms with Crippen molar-refractivity contribution >= 4 is 28.5 Å². The van der Waals surface area contributed by atoms with Crippen molar-refractivity contribution in [2.24, 2.45) is 4.99 Å². The molecule has 0 aliphatic carbocycles. The molecular formula is C21H22FN3O3. The van der Waals surface area contributed by atoms with Gasteiger partial charge in [-0.25, -0.2) is 4.39 Å². The van der Waals surface area contributed by atoms with Crippen molar-refractivity contribution in [1.82, 2.24) is 4.98 Å². The Morgan fingerprint density at radius 2 is 2.07 bits per heavy atom. The van der Waals surface area contributed by atoms with Gasteiger partial charge in [-0.1, -0.05) is 12.1 Å². The molecule has 6 nitrogen and oxygen atoms in total. The van der Waals surface area contributed by atoms with Crippen LogP contribution in [0.25, 0.3) is 10.9 Å². The Morgan fingerprint density at radius 1 is 1.29 bits per heavy atom. The van der Waals surface area contributed by atoms with Crippen molar-refractivity contribution in [2.45, 2.75) is 13.2 Å². The minimum absolute atomic E-state index is 0.0430. The number of aromatic nitrogens is 1. The molecule has 0 amide bonds. The Bertz CT molecular complexity index is 1030. The highest BCUT2D eigenvalue weighted by molar-refractivity contribution is 6.04. The second kappa shape index (κ2) is 7.61. The van der Waals surface area contributed by atoms with Gasteiger partial charge in [-0.05, 0) is 30.7 Å². The zero-order valence-electron chi connectivity index (χ0n) is 15.8. The van der Waals surface area contributed by atoms with Gasteiger partial charge in [0, 0.05) is 30.2 Å². The summed E-state index contributed by atoms with van der Waals surface area (Å²) in [6.07, 6.45) is 1.22. The summed E-state index contributed by atoms with van der Waals surface area (Å²) in [4.78, 5) is 9.04. The number of fused-ring (bicyclic) bond motifs is 1. The molecule has 7 heteroatoms. The molecule has 1 fully saturated rings. The summed E-state index contributed by atoms with van der Waals surface area (Å²) < 4.78 is 25.4. The van der Waals surface area contributed by atoms with E-state index in [1.165, 1.54) is 6.07 Å². The SMILES string of the molecule is Cc1cccc2[nH]c(O)c(C=Nc3ccc(N(C)CC4OCCO4)c(F)c3)c12. The molecule has 3 aromatic rings. The number of benzene rings is 2. The van der Waals surface area contributed by atoms with E-state index in [0.29, 0.717) is 36.7 Å². The van der Waals surface area contributed by atoms with Crippen LogP contribution in [0.1, 0.15) is 11.1 Å². The number of nitrogens with zero attached hydrogens (tertiary/aromatic N) is 2. The molecule has 146 valence electrons. The van der Waals surface area contributed by atoms with Gasteiger partial charge in [0.25, 0.3) is 0 Å². The number of H-pyrrole nitrogens is 1. The predicted molar refractivity (Wildman–Crippen MR) is 107 cm³/mol. The van der Waals surface area contributed by atoms with Crippen LogP contribution in [-0.4, -0.2) is 49.4 Å². The Kier molecular flexibility index (Phi) is 5.02. The highest BCUT2D eigenvalue weighted by Gasteiger charge is 2.19. The highest BCUT2D eigenvalue weighted by atomic mass is 19.1. The number of aliphatic imine (C=N–C) groups is 1. The third-order valence-corrected chi connectivity index (χ3v) is 4.85. The lowest BCUT2D eigenvalue weighted by Gasteiger charge is -2.22. The van der Waals surface area contributed by atoms with Crippen LogP contribution in [0.2, 0.25) is 0 Å². The van der Waals surface area contributed by atoms with Crippen molar-refractivity contribution < 1.29 is 19.0 Å². The minimum Gasteiger partial charge on any atom is -0.494 e. The quantitative estimate of drug-likeness (QED) is 0.656. The van der Waals surface area contributed by atoms with Gasteiger partial charge in [0.15, 0.2) is 12.2 Å². The Hall–Kier alpha value is -2.90. The molecule has 0 radical (unpaired) electrons. The van der Waals surface area contributed by atoms with Crippen molar-refractivity contribution in [3.8, 4) is 5.88 Å². The van der Waals surface area contributed by atoms with Crippen LogP contribution in [-0.2, 0) is 9.47 Å². The van der Waals surface area contributed by atoms with Gasteiger partial charge in [-0.15, -0.1) is 0 Å². The second-order valence-electron chi connectivity index (χ2n) is 6.83. The molecule has 0 atom stereocenters. The average Bonchev–Trinajstić information content (AvgIpc) is 3.27. The fourth-order valence-corrected chi connectivity index (χ4v) is 3.43. The smallest absolute Gasteiger partial charge is 0.198 e. The van der Waals surface area contributed by atoms with Crippen LogP contribution in [0.3, 0.4) is 0 Å². The second-order valence-corrected chi connectivity index (χ2v) is 6.83. The van der Waals surface area contributed by atoms with Crippen LogP contribution in [0.4, 0.5) is 15.8 Å². The van der Waals surface area contributed by atoms with E-state index in [1.54, 1.807) is 30.3 Å². The fourth-order valence-electron chi connectivity index (χ4n) is 3.43. The molecule has 2 N–H and O–H groups in total. The molecule has 2 aromatic carbocycles. The lowest BCUT2D eigenvalue weighted by molar-refractivity contribution is -0.0336. The highest BCUT2D eigenvalue weighted by Crippen LogP contribution is 2.29. The van der Waals surface area contributed by atoms with E-state index in [2.05, 4.69) is 9.98 Å². The normalized spacial score (nSPS) is 15.1. The zero-order valence-corrected chi connectivity index (χ0v) is 15.8. The van der Waals surface area contributed by atoms with E-state index in [-0.39, 0.29) is 18.0 Å². The van der Waals surface area contributed by atoms with Crippen molar-refractivity contribution in [1.29, 1.82) is 0 Å². The number of rotatable bonds is 5. The topological polar surface area (TPSA) is 70.1 Å². The number of hydrogen-bond donors (Lipinski definition) is 2. The molecule has 0 spiro atoms. The molecule has 4 rings (SSSR count). The summed E-state index contributed by atoms with van der Waals surface area (Å²) in [5.41, 5.74) is 3.35. The van der Waals surface area contributed by atoms with E-state index in [9.17, 15) is 9.50 Å². The first-order chi connectivity index (χ1) is 13.5. The lowest BCUT2D eigenvalue weighted by Crippen LogP contribution is -2.30. The van der Waals surface area contributed by atoms with Crippen LogP contribution < -0.4 is 4.90 Å². The molecule has 28 heavy (non-hydrogen) atoms. The van der Waals surface area contributed by atoms with Gasteiger partial charge in [0.05, 0.1) is 36.7 Å². The summed E-state index contributed by atoms with van der Waals surface area (Å²) >= 11 is 0. The van der Waals surface area contributed by atoms with Crippen molar-refractivity contribution in [2.75, 3.05) is 31.7 Å². The van der Waals surface area contributed by atoms with Gasteiger partial charge >= 0.3 is 0 Å². The molecule has 2 heterocycles. The standard InChI is InChI=1S/C21H22FN3O3/c1-13-4-3-5-17-20(13)15(21(26)24-17)11-23-14-6-7-18(16(22)10-14)25(2)12-19-27-8-9-28-19/h3-7,10-11,19,24,26H,8-9,12H2,1-2H3. The van der Waals surface area contributed by atoms with E-state index in [0.717, 1.165) is 16.5 Å². The summed E-state index contributed by atoms with van der Waals surface area (Å²) in [5.74, 6) is -0.337. The number of ether oxygens (including phenoxy) is 2. The van der Waals surface area contributed by atoms with Crippen LogP contribution in [0, 0.1) is 12.7 Å². The molecule has 0 saturated carbocycles. The van der Waals surface area contributed by atoms with Gasteiger partial charge in [0.2, 0.25) is 0 Å². The third-order valence-electron chi connectivity index (χ3n) is 4.85. The van der Waals surface area contributed by atoms with Crippen molar-refractivity contribution in [3.63, 3.8) is 0 Å². The van der Waals surface area contributed by atoms with Crippen LogP contribution >= 0.6 is 0 Å². The summed E-state index contributed by atoms with van der Waals surface area (Å²) in [6.45, 7) is 3.54. The molecule has 0 bridgehead atoms. The number of nitrogens with one attached hydrogen (secondary N) is 1. The first-order valence-electron chi connectivity index (χ1n) is 9.11. The van der Waals surface area contributed by atoms with E-state index in [4.69, 9.17) is 9.47 Å². The molecule has 1 aliphatic heterocycles. The molecular weight excluding hydrogens is 361 g/mol. The largest absolute Gasteiger partial charge is 0.494 e. The third kappa shape index (κ3) is 3.58. The molecule has 1 aliphatic rings. The summed E-state index contributed by atoms with van der Waals surface area (Å²) in [6, 6.07) is 10.6. The summed E-state index contributed by atoms with van der Waals surface area (Å²) in [5, 5.41) is 11.1. The number of likely N-dealkylation sites (N-methyl/N-ethyl adjacent to an activating group) is 1. The van der Waals surface area contributed by atoms with Crippen LogP contribution in [0.5, 0.6) is 5.88 Å². The van der Waals surface area contributed by atoms with Crippen LogP contribution in [0.15, 0.2) is 41.4 Å². The Balaban J connectivity index is 1.56. The Morgan fingerprint density at radius 3 is 2.82 bits per heavy atom. The molecule has 0 unspecified atom stereocenters. The van der Waals surface area contributed by atoms with Gasteiger partial charge < -0.3 is 24.5 Å². The first-order valence-corrected chi connectivity index (χ1v) is 9.11. The zero-order chi connectivity index (χ0) is 19.7. The monoisotopic (exact) mass is 383 g/mol. The number of aromatic amines is 1. The average molecular weight is 383 g/mol. The van der Waals surface area contributed by atoms with E-state index < -0.39 is 0 Å². The number of halogens is 1. The lowest BCUT2D eigenvalue weighted by atomic mass is 10.1. The number of aryl methyl sites for hydroxylation is 1. The van der Waals surface area contributed by atoms with Gasteiger partial charge in [-0.2, -0.15) is 0 Å². The van der Waals surface area contributed by atoms with E-state index in [1.807, 2.05) is 25.1 Å². The fraction of sp³-hybridized carbons (Fsp3) is 0.286. The molecule has 1 saturated heterocycles. The van der Waals surface area contributed by atoms with E-state index >= 15 is 0 Å². The van der Waals surface area contributed by atoms with Crippen molar-refractivity contribution in [3.05, 3.63) is 53.3 Å². The number of hydrogen-bond acceptors (Lipinski definition) is 5. The minimum atomic E-state index is -0.380. The Labute approximate surface area is 162 Å². The van der Waals surface area contributed by atoms with Gasteiger partial charge in [-0.3, -0.25) is 4.99 Å². The number of anilines is 1. The maximum Gasteiger partial charge on any atom is 0.198 e. The predicted octanol–water partition coefficient (Wildman–Crippen LogP) is 3.88. The maximum atomic E-state index is 14.6. The first kappa shape index (κ1) is 18.5. The summed E-state index contributed by atoms with van der Waals surface area (Å²) in [7, 11) is 1.79. The maximum absolute atomic E-state index is 14.6. The van der Waals surface area contributed by atoms with Gasteiger partial charge in [0.1, 0.15) is 5.82 Å².